The van der Waals surface area contributed by atoms with Crippen molar-refractivity contribution in [3.05, 3.63) is 35.6 Å². The van der Waals surface area contributed by atoms with E-state index in [-0.39, 0.29) is 18.8 Å². The third-order valence-electron chi connectivity index (χ3n) is 2.16. The van der Waals surface area contributed by atoms with Gasteiger partial charge in [0.1, 0.15) is 5.82 Å². The van der Waals surface area contributed by atoms with E-state index in [2.05, 4.69) is 0 Å². The van der Waals surface area contributed by atoms with Crippen molar-refractivity contribution in [3.63, 3.8) is 0 Å². The van der Waals surface area contributed by atoms with Crippen molar-refractivity contribution in [2.75, 3.05) is 6.61 Å². The van der Waals surface area contributed by atoms with Crippen molar-refractivity contribution in [1.82, 2.24) is 0 Å². The summed E-state index contributed by atoms with van der Waals surface area (Å²) in [5.41, 5.74) is -0.437. The van der Waals surface area contributed by atoms with E-state index in [1.165, 1.54) is 6.07 Å². The van der Waals surface area contributed by atoms with Crippen molar-refractivity contribution in [3.8, 4) is 6.07 Å². The lowest BCUT2D eigenvalue weighted by molar-refractivity contribution is 0.189. The third-order valence-corrected chi connectivity index (χ3v) is 2.16. The number of halogens is 1. The molecule has 0 bridgehead atoms. The lowest BCUT2D eigenvalue weighted by Gasteiger charge is -2.18. The van der Waals surface area contributed by atoms with Crippen molar-refractivity contribution in [1.29, 1.82) is 5.26 Å². The highest BCUT2D eigenvalue weighted by molar-refractivity contribution is 5.20. The Bertz CT molecular complexity index is 359. The summed E-state index contributed by atoms with van der Waals surface area (Å²) >= 11 is 0. The first-order chi connectivity index (χ1) is 6.61. The van der Waals surface area contributed by atoms with E-state index in [9.17, 15) is 4.39 Å². The summed E-state index contributed by atoms with van der Waals surface area (Å²) in [4.78, 5) is 0. The molecule has 1 aromatic carbocycles. The summed E-state index contributed by atoms with van der Waals surface area (Å²) in [6.45, 7) is 1.34. The highest BCUT2D eigenvalue weighted by Crippen LogP contribution is 2.22. The number of rotatable bonds is 3. The molecule has 1 unspecified atom stereocenters. The number of nitrogens with zero attached hydrogens (tertiary/aromatic N) is 1. The molecule has 0 radical (unpaired) electrons. The second-order valence-electron chi connectivity index (χ2n) is 3.60. The van der Waals surface area contributed by atoms with Crippen LogP contribution in [0.5, 0.6) is 0 Å². The van der Waals surface area contributed by atoms with Gasteiger partial charge >= 0.3 is 0 Å². The molecule has 0 saturated heterocycles. The van der Waals surface area contributed by atoms with Crippen LogP contribution in [0.15, 0.2) is 24.3 Å². The Morgan fingerprint density at radius 2 is 2.14 bits per heavy atom. The van der Waals surface area contributed by atoms with Crippen LogP contribution in [-0.4, -0.2) is 11.7 Å². The number of aliphatic hydroxyl groups is 1. The molecule has 0 aliphatic heterocycles. The minimum absolute atomic E-state index is 0.229. The van der Waals surface area contributed by atoms with Crippen LogP contribution < -0.4 is 0 Å². The average molecular weight is 193 g/mol. The van der Waals surface area contributed by atoms with Gasteiger partial charge in [-0.25, -0.2) is 4.39 Å². The Kier molecular flexibility index (Phi) is 3.21. The minimum atomic E-state index is -0.901. The topological polar surface area (TPSA) is 44.0 Å². The molecule has 2 nitrogen and oxygen atoms in total. The molecule has 0 amide bonds. The maximum absolute atomic E-state index is 13.2. The Morgan fingerprint density at radius 3 is 2.64 bits per heavy atom. The van der Waals surface area contributed by atoms with Gasteiger partial charge in [0.2, 0.25) is 0 Å². The SMILES string of the molecule is CC(C#N)(CO)Cc1ccccc1F. The summed E-state index contributed by atoms with van der Waals surface area (Å²) in [6.07, 6.45) is 0.229. The predicted molar refractivity (Wildman–Crippen MR) is 50.9 cm³/mol. The smallest absolute Gasteiger partial charge is 0.126 e. The number of aliphatic hydroxyl groups excluding tert-OH is 1. The van der Waals surface area contributed by atoms with Gasteiger partial charge in [-0.05, 0) is 25.0 Å². The number of benzene rings is 1. The average Bonchev–Trinajstić information content (AvgIpc) is 2.21. The highest BCUT2D eigenvalue weighted by atomic mass is 19.1. The number of hydrogen-bond acceptors (Lipinski definition) is 2. The van der Waals surface area contributed by atoms with Crippen LogP contribution in [0.2, 0.25) is 0 Å². The van der Waals surface area contributed by atoms with Crippen LogP contribution in [0.4, 0.5) is 4.39 Å². The fraction of sp³-hybridized carbons (Fsp3) is 0.364. The van der Waals surface area contributed by atoms with Crippen molar-refractivity contribution < 1.29 is 9.50 Å². The van der Waals surface area contributed by atoms with E-state index < -0.39 is 5.41 Å². The van der Waals surface area contributed by atoms with E-state index in [0.717, 1.165) is 0 Å². The summed E-state index contributed by atoms with van der Waals surface area (Å²) in [5, 5.41) is 17.8. The Hall–Kier alpha value is -1.40. The molecule has 0 heterocycles. The fourth-order valence-electron chi connectivity index (χ4n) is 1.19. The molecule has 0 saturated carbocycles. The Balaban J connectivity index is 2.89. The van der Waals surface area contributed by atoms with Crippen molar-refractivity contribution >= 4 is 0 Å². The zero-order chi connectivity index (χ0) is 10.6. The minimum Gasteiger partial charge on any atom is -0.395 e. The van der Waals surface area contributed by atoms with Crippen LogP contribution in [0.25, 0.3) is 0 Å². The van der Waals surface area contributed by atoms with Gasteiger partial charge in [0.15, 0.2) is 0 Å². The normalized spacial score (nSPS) is 14.4. The molecule has 1 atom stereocenters. The van der Waals surface area contributed by atoms with E-state index in [1.54, 1.807) is 25.1 Å². The van der Waals surface area contributed by atoms with Gasteiger partial charge in [-0.15, -0.1) is 0 Å². The van der Waals surface area contributed by atoms with E-state index in [0.29, 0.717) is 5.56 Å². The van der Waals surface area contributed by atoms with Crippen molar-refractivity contribution in [2.45, 2.75) is 13.3 Å². The zero-order valence-electron chi connectivity index (χ0n) is 8.00. The lowest BCUT2D eigenvalue weighted by atomic mass is 9.86. The molecule has 1 N–H and O–H groups in total. The second kappa shape index (κ2) is 4.21. The monoisotopic (exact) mass is 193 g/mol. The summed E-state index contributed by atoms with van der Waals surface area (Å²) in [5.74, 6) is -0.331. The second-order valence-corrected chi connectivity index (χ2v) is 3.60. The van der Waals surface area contributed by atoms with Gasteiger partial charge in [-0.3, -0.25) is 0 Å². The van der Waals surface area contributed by atoms with Gasteiger partial charge in [0.05, 0.1) is 18.1 Å². The number of nitriles is 1. The number of hydrogen-bond donors (Lipinski definition) is 1. The van der Waals surface area contributed by atoms with Crippen LogP contribution in [0.1, 0.15) is 12.5 Å². The van der Waals surface area contributed by atoms with E-state index >= 15 is 0 Å². The van der Waals surface area contributed by atoms with Crippen LogP contribution in [0, 0.1) is 22.6 Å². The Labute approximate surface area is 82.6 Å². The van der Waals surface area contributed by atoms with Gasteiger partial charge in [0.25, 0.3) is 0 Å². The maximum atomic E-state index is 13.2. The molecule has 0 fully saturated rings. The quantitative estimate of drug-likeness (QED) is 0.796. The summed E-state index contributed by atoms with van der Waals surface area (Å²) < 4.78 is 13.2. The molecule has 74 valence electrons. The lowest BCUT2D eigenvalue weighted by Crippen LogP contribution is -2.22. The van der Waals surface area contributed by atoms with Crippen LogP contribution in [-0.2, 0) is 6.42 Å². The van der Waals surface area contributed by atoms with Crippen molar-refractivity contribution in [2.24, 2.45) is 5.41 Å². The molecule has 0 aliphatic rings. The maximum Gasteiger partial charge on any atom is 0.126 e. The standard InChI is InChI=1S/C11H12FNO/c1-11(7-13,8-14)6-9-4-2-3-5-10(9)12/h2-5,14H,6,8H2,1H3. The largest absolute Gasteiger partial charge is 0.395 e. The molecule has 3 heteroatoms. The highest BCUT2D eigenvalue weighted by Gasteiger charge is 2.24. The summed E-state index contributed by atoms with van der Waals surface area (Å²) in [7, 11) is 0. The van der Waals surface area contributed by atoms with Crippen LogP contribution >= 0.6 is 0 Å². The van der Waals surface area contributed by atoms with Gasteiger partial charge in [0, 0.05) is 0 Å². The van der Waals surface area contributed by atoms with E-state index in [4.69, 9.17) is 10.4 Å². The van der Waals surface area contributed by atoms with Crippen LogP contribution in [0.3, 0.4) is 0 Å². The van der Waals surface area contributed by atoms with Gasteiger partial charge < -0.3 is 5.11 Å². The molecule has 1 rings (SSSR count). The Morgan fingerprint density at radius 1 is 1.50 bits per heavy atom. The summed E-state index contributed by atoms with van der Waals surface area (Å²) in [6, 6.07) is 8.28. The predicted octanol–water partition coefficient (Wildman–Crippen LogP) is 1.89. The molecular weight excluding hydrogens is 181 g/mol. The molecule has 1 aromatic rings. The third kappa shape index (κ3) is 2.30. The molecule has 0 aliphatic carbocycles. The van der Waals surface area contributed by atoms with Gasteiger partial charge in [-0.2, -0.15) is 5.26 Å². The molecule has 0 aromatic heterocycles. The molecular formula is C11H12FNO. The fourth-order valence-corrected chi connectivity index (χ4v) is 1.19. The van der Waals surface area contributed by atoms with Gasteiger partial charge in [-0.1, -0.05) is 18.2 Å². The van der Waals surface area contributed by atoms with E-state index in [1.807, 2.05) is 6.07 Å². The molecule has 14 heavy (non-hydrogen) atoms. The zero-order valence-corrected chi connectivity index (χ0v) is 8.00. The first-order valence-corrected chi connectivity index (χ1v) is 4.37. The first-order valence-electron chi connectivity index (χ1n) is 4.37. The molecule has 0 spiro atoms. The first kappa shape index (κ1) is 10.7.